The minimum Gasteiger partial charge on any atom is -0.412 e. The summed E-state index contributed by atoms with van der Waals surface area (Å²) in [6.07, 6.45) is 0. The van der Waals surface area contributed by atoms with Gasteiger partial charge in [0.1, 0.15) is 0 Å². The van der Waals surface area contributed by atoms with E-state index in [9.17, 15) is 0 Å². The molecule has 10 nitrogen and oxygen atoms in total. The van der Waals surface area contributed by atoms with E-state index in [1.54, 1.807) is 0 Å². The minimum atomic E-state index is -4.94. The zero-order valence-electron chi connectivity index (χ0n) is 5.36. The van der Waals surface area contributed by atoms with Crippen molar-refractivity contribution in [3.8, 4) is 0 Å². The van der Waals surface area contributed by atoms with E-state index in [2.05, 4.69) is 0 Å². The number of halogens is 1. The Kier molecular flexibility index (Phi) is 208. The smallest absolute Gasteiger partial charge is 0.412 e. The third kappa shape index (κ3) is 5500. The summed E-state index contributed by atoms with van der Waals surface area (Å²) in [4.78, 5) is 0. The molecule has 0 bridgehead atoms. The molecule has 0 spiro atoms. The Labute approximate surface area is 79.5 Å². The molecule has 0 aliphatic heterocycles. The van der Waals surface area contributed by atoms with Gasteiger partial charge in [0.05, 0.1) is 0 Å². The molecule has 0 aromatic carbocycles. The van der Waals surface area contributed by atoms with Gasteiger partial charge < -0.3 is 32.9 Å². The average Bonchev–Trinajstić information content (AvgIpc) is 0.722. The van der Waals surface area contributed by atoms with Crippen molar-refractivity contribution in [1.29, 1.82) is 0 Å². The van der Waals surface area contributed by atoms with Crippen LogP contribution in [0.2, 0.25) is 0 Å². The van der Waals surface area contributed by atoms with E-state index >= 15 is 0 Å². The van der Waals surface area contributed by atoms with Crippen LogP contribution < -0.4 is 18.6 Å². The topological polar surface area (TPSA) is 281 Å². The first-order valence-electron chi connectivity index (χ1n) is 0.617. The Morgan fingerprint density at radius 1 is 0.500 bits per heavy atom. The predicted molar refractivity (Wildman–Crippen MR) is 21.7 cm³/mol. The molecule has 0 aromatic heterocycles. The largest absolute Gasteiger partial charge is 2.00 e. The first-order chi connectivity index (χ1) is 2.00. The molecule has 0 atom stereocenters. The van der Waals surface area contributed by atoms with E-state index in [0.717, 1.165) is 0 Å². The molecule has 0 fully saturated rings. The quantitative estimate of drug-likeness (QED) is 0.384. The summed E-state index contributed by atoms with van der Waals surface area (Å²) in [5, 5.41) is 0. The van der Waals surface area contributed by atoms with Crippen LogP contribution in [-0.4, -0.2) is 32.9 Å². The van der Waals surface area contributed by atoms with Crippen molar-refractivity contribution in [1.82, 2.24) is 0 Å². The third-order valence-corrected chi connectivity index (χ3v) is 0. The molecule has 0 amide bonds. The first kappa shape index (κ1) is 83.1. The maximum atomic E-state index is 8.49. The van der Waals surface area contributed by atoms with E-state index < -0.39 is 10.2 Å². The second-order valence-corrected chi connectivity index (χ2v) is 1.13. The van der Waals surface area contributed by atoms with Crippen LogP contribution >= 0.6 is 0 Å². The average molecular weight is 263 g/mol. The molecule has 12 heavy (non-hydrogen) atoms. The fourth-order valence-electron chi connectivity index (χ4n) is 0. The van der Waals surface area contributed by atoms with Crippen LogP contribution in [0.1, 0.15) is 0 Å². The summed E-state index contributed by atoms with van der Waals surface area (Å²) in [5.41, 5.74) is 0. The van der Waals surface area contributed by atoms with Gasteiger partial charge in [-0.2, -0.15) is 0 Å². The van der Waals surface area contributed by atoms with Crippen LogP contribution in [0.5, 0.6) is 0 Å². The van der Waals surface area contributed by atoms with Crippen molar-refractivity contribution in [2.45, 2.75) is 0 Å². The van der Waals surface area contributed by atoms with Crippen LogP contribution in [0.4, 0.5) is 0 Å². The van der Waals surface area contributed by atoms with Gasteiger partial charge in [-0.1, -0.05) is 0 Å². The molecule has 12 N–H and O–H groups in total. The molecule has 0 aliphatic carbocycles. The Hall–Kier alpha value is 0.409. The third-order valence-electron chi connectivity index (χ3n) is 0. The van der Waals surface area contributed by atoms with Crippen molar-refractivity contribution in [3.63, 3.8) is 0 Å². The van der Waals surface area contributed by atoms with E-state index in [0.29, 0.717) is 0 Å². The zero-order valence-corrected chi connectivity index (χ0v) is 7.22. The van der Waals surface area contributed by atoms with Gasteiger partial charge in [0.25, 0.3) is 0 Å². The van der Waals surface area contributed by atoms with Crippen LogP contribution in [-0.2, 0) is 17.1 Å². The summed E-state index contributed by atoms with van der Waals surface area (Å²) >= 11 is 0. The van der Waals surface area contributed by atoms with Crippen molar-refractivity contribution in [3.05, 3.63) is 0 Å². The SMILES string of the molecule is O.O.O.O.O.O.[Fe+2].[O-][Cl+3]([O-])([O-])[O-]. The second kappa shape index (κ2) is 30.1. The molecule has 0 saturated heterocycles. The number of rotatable bonds is 0. The fraction of sp³-hybridized carbons (Fsp3) is 0. The number of hydrogen-bond acceptors (Lipinski definition) is 4. The summed E-state index contributed by atoms with van der Waals surface area (Å²) < 4.78 is 34.0. The molecule has 0 saturated carbocycles. The van der Waals surface area contributed by atoms with Crippen molar-refractivity contribution < 1.29 is 78.8 Å². The Bertz CT molecular complexity index is 25.3. The van der Waals surface area contributed by atoms with Gasteiger partial charge in [-0.25, -0.2) is 18.6 Å². The van der Waals surface area contributed by atoms with Gasteiger partial charge >= 0.3 is 17.1 Å². The van der Waals surface area contributed by atoms with E-state index in [1.807, 2.05) is 0 Å². The van der Waals surface area contributed by atoms with E-state index in [4.69, 9.17) is 18.6 Å². The molecule has 0 aromatic rings. The van der Waals surface area contributed by atoms with Gasteiger partial charge in [0.2, 0.25) is 0 Å². The maximum Gasteiger partial charge on any atom is 2.00 e. The van der Waals surface area contributed by atoms with Crippen LogP contribution in [0.25, 0.3) is 0 Å². The molecule has 0 rings (SSSR count). The van der Waals surface area contributed by atoms with Crippen molar-refractivity contribution >= 4 is 0 Å². The van der Waals surface area contributed by atoms with Crippen LogP contribution in [0.3, 0.4) is 0 Å². The summed E-state index contributed by atoms with van der Waals surface area (Å²) in [5.74, 6) is 0. The normalized spacial score (nSPS) is 5.00. The molecule has 0 radical (unpaired) electrons. The van der Waals surface area contributed by atoms with E-state index in [-0.39, 0.29) is 49.9 Å². The van der Waals surface area contributed by atoms with Crippen LogP contribution in [0.15, 0.2) is 0 Å². The minimum absolute atomic E-state index is 0. The maximum absolute atomic E-state index is 8.49. The fourth-order valence-corrected chi connectivity index (χ4v) is 0. The van der Waals surface area contributed by atoms with Crippen LogP contribution in [0, 0.1) is 10.2 Å². The Morgan fingerprint density at radius 2 is 0.500 bits per heavy atom. The predicted octanol–water partition coefficient (Wildman–Crippen LogP) is -9.71. The molecular formula is H12ClFeO10+. The summed E-state index contributed by atoms with van der Waals surface area (Å²) in [6.45, 7) is 0. The Morgan fingerprint density at radius 3 is 0.500 bits per heavy atom. The van der Waals surface area contributed by atoms with Gasteiger partial charge in [0, 0.05) is 0 Å². The van der Waals surface area contributed by atoms with Gasteiger partial charge in [-0.15, -0.1) is 10.2 Å². The summed E-state index contributed by atoms with van der Waals surface area (Å²) in [7, 11) is -4.94. The van der Waals surface area contributed by atoms with E-state index in [1.165, 1.54) is 0 Å². The Balaban J connectivity index is -0.00000000381. The van der Waals surface area contributed by atoms with Gasteiger partial charge in [-0.3, -0.25) is 0 Å². The molecule has 0 unspecified atom stereocenters. The molecule has 86 valence electrons. The zero-order chi connectivity index (χ0) is 4.50. The number of hydrogen-bond donors (Lipinski definition) is 0. The second-order valence-electron chi connectivity index (χ2n) is 0.378. The summed E-state index contributed by atoms with van der Waals surface area (Å²) in [6, 6.07) is 0. The molecule has 0 heterocycles. The van der Waals surface area contributed by atoms with Crippen molar-refractivity contribution in [2.75, 3.05) is 0 Å². The first-order valence-corrected chi connectivity index (χ1v) is 1.85. The van der Waals surface area contributed by atoms with Gasteiger partial charge in [0.15, 0.2) is 0 Å². The van der Waals surface area contributed by atoms with Gasteiger partial charge in [-0.05, 0) is 0 Å². The molecule has 12 heteroatoms. The molecule has 0 aliphatic rings. The van der Waals surface area contributed by atoms with Crippen molar-refractivity contribution in [2.24, 2.45) is 0 Å². The monoisotopic (exact) mass is 263 g/mol. The standard InChI is InChI=1S/ClHO4.Fe.6H2O/c2-1(3,4)5;;;;;;;/h(H,2,3,4,5);;6*1H2/q;+2;;;;;;/p-1. The molecular weight excluding hydrogens is 251 g/mol.